The van der Waals surface area contributed by atoms with Crippen LogP contribution in [0.2, 0.25) is 0 Å². The first-order chi connectivity index (χ1) is 10.1. The van der Waals surface area contributed by atoms with E-state index in [1.54, 1.807) is 6.20 Å². The predicted molar refractivity (Wildman–Crippen MR) is 79.3 cm³/mol. The van der Waals surface area contributed by atoms with Gasteiger partial charge in [-0.2, -0.15) is 0 Å². The normalized spacial score (nSPS) is 13.7. The highest BCUT2D eigenvalue weighted by Crippen LogP contribution is 2.14. The van der Waals surface area contributed by atoms with Gasteiger partial charge < -0.3 is 10.4 Å². The van der Waals surface area contributed by atoms with Gasteiger partial charge in [-0.1, -0.05) is 42.5 Å². The fourth-order valence-corrected chi connectivity index (χ4v) is 1.86. The van der Waals surface area contributed by atoms with Crippen molar-refractivity contribution in [1.82, 2.24) is 20.3 Å². The summed E-state index contributed by atoms with van der Waals surface area (Å²) in [5.41, 5.74) is 1.70. The van der Waals surface area contributed by atoms with E-state index in [9.17, 15) is 4.79 Å². The molecule has 1 aromatic carbocycles. The van der Waals surface area contributed by atoms with Gasteiger partial charge in [0.1, 0.15) is 12.2 Å². The van der Waals surface area contributed by atoms with Crippen LogP contribution in [0, 0.1) is 5.92 Å². The minimum absolute atomic E-state index is 0.0181. The Morgan fingerprint density at radius 1 is 1.33 bits per heavy atom. The van der Waals surface area contributed by atoms with Crippen molar-refractivity contribution < 1.29 is 9.90 Å². The van der Waals surface area contributed by atoms with E-state index in [0.29, 0.717) is 0 Å². The number of aliphatic hydroxyl groups excluding tert-OH is 1. The van der Waals surface area contributed by atoms with Crippen molar-refractivity contribution in [3.63, 3.8) is 0 Å². The standard InChI is InChI=1S/C15H20N4O2/c1-11(10-20)12(2)16-15(21)9-19-8-14(17-18-19)13-6-4-3-5-7-13/h3-8,11-12,20H,9-10H2,1-2H3,(H,16,21). The molecule has 1 aromatic heterocycles. The van der Waals surface area contributed by atoms with E-state index in [4.69, 9.17) is 5.11 Å². The maximum Gasteiger partial charge on any atom is 0.242 e. The van der Waals surface area contributed by atoms with Crippen molar-refractivity contribution in [1.29, 1.82) is 0 Å². The lowest BCUT2D eigenvalue weighted by molar-refractivity contribution is -0.122. The predicted octanol–water partition coefficient (Wildman–Crippen LogP) is 1.08. The van der Waals surface area contributed by atoms with Crippen LogP contribution in [-0.2, 0) is 11.3 Å². The molecule has 0 bridgehead atoms. The lowest BCUT2D eigenvalue weighted by Gasteiger charge is -2.18. The van der Waals surface area contributed by atoms with Crippen molar-refractivity contribution in [2.45, 2.75) is 26.4 Å². The average Bonchev–Trinajstić information content (AvgIpc) is 2.95. The highest BCUT2D eigenvalue weighted by Gasteiger charge is 2.14. The fraction of sp³-hybridized carbons (Fsp3) is 0.400. The lowest BCUT2D eigenvalue weighted by Crippen LogP contribution is -2.40. The molecule has 0 saturated carbocycles. The molecule has 6 heteroatoms. The second-order valence-electron chi connectivity index (χ2n) is 5.18. The van der Waals surface area contributed by atoms with E-state index in [2.05, 4.69) is 15.6 Å². The van der Waals surface area contributed by atoms with Gasteiger partial charge in [-0.25, -0.2) is 4.68 Å². The minimum Gasteiger partial charge on any atom is -0.396 e. The molecular weight excluding hydrogens is 268 g/mol. The summed E-state index contributed by atoms with van der Waals surface area (Å²) in [5, 5.41) is 19.9. The molecule has 1 amide bonds. The number of nitrogens with zero attached hydrogens (tertiary/aromatic N) is 3. The smallest absolute Gasteiger partial charge is 0.242 e. The summed E-state index contributed by atoms with van der Waals surface area (Å²) < 4.78 is 1.51. The summed E-state index contributed by atoms with van der Waals surface area (Å²) >= 11 is 0. The highest BCUT2D eigenvalue weighted by molar-refractivity contribution is 5.76. The molecule has 2 unspecified atom stereocenters. The summed E-state index contributed by atoms with van der Waals surface area (Å²) in [6.45, 7) is 3.91. The van der Waals surface area contributed by atoms with Gasteiger partial charge in [-0.15, -0.1) is 5.10 Å². The maximum atomic E-state index is 11.9. The Hall–Kier alpha value is -2.21. The van der Waals surface area contributed by atoms with E-state index < -0.39 is 0 Å². The fourth-order valence-electron chi connectivity index (χ4n) is 1.86. The number of aromatic nitrogens is 3. The number of rotatable bonds is 6. The van der Waals surface area contributed by atoms with Gasteiger partial charge in [0.05, 0.1) is 6.20 Å². The van der Waals surface area contributed by atoms with Crippen LogP contribution < -0.4 is 5.32 Å². The van der Waals surface area contributed by atoms with Crippen molar-refractivity contribution >= 4 is 5.91 Å². The third kappa shape index (κ3) is 4.13. The molecule has 1 heterocycles. The molecule has 0 fully saturated rings. The molecule has 112 valence electrons. The highest BCUT2D eigenvalue weighted by atomic mass is 16.3. The van der Waals surface area contributed by atoms with Crippen LogP contribution in [0.5, 0.6) is 0 Å². The van der Waals surface area contributed by atoms with Crippen LogP contribution in [-0.4, -0.2) is 38.7 Å². The van der Waals surface area contributed by atoms with E-state index in [-0.39, 0.29) is 31.0 Å². The Balaban J connectivity index is 1.95. The first-order valence-corrected chi connectivity index (χ1v) is 6.96. The quantitative estimate of drug-likeness (QED) is 0.833. The molecule has 0 aliphatic heterocycles. The summed E-state index contributed by atoms with van der Waals surface area (Å²) in [7, 11) is 0. The summed E-state index contributed by atoms with van der Waals surface area (Å²) in [5.74, 6) is -0.128. The Bertz CT molecular complexity index is 582. The summed E-state index contributed by atoms with van der Waals surface area (Å²) in [6.07, 6.45) is 1.75. The number of aliphatic hydroxyl groups is 1. The summed E-state index contributed by atoms with van der Waals surface area (Å²) in [6, 6.07) is 9.60. The second kappa shape index (κ2) is 6.99. The monoisotopic (exact) mass is 288 g/mol. The first-order valence-electron chi connectivity index (χ1n) is 6.96. The van der Waals surface area contributed by atoms with Gasteiger partial charge in [-0.3, -0.25) is 4.79 Å². The van der Waals surface area contributed by atoms with Gasteiger partial charge >= 0.3 is 0 Å². The Labute approximate surface area is 123 Å². The van der Waals surface area contributed by atoms with Gasteiger partial charge in [0.25, 0.3) is 0 Å². The van der Waals surface area contributed by atoms with Crippen LogP contribution in [0.15, 0.2) is 36.5 Å². The number of hydrogen-bond acceptors (Lipinski definition) is 4. The van der Waals surface area contributed by atoms with Crippen molar-refractivity contribution in [3.05, 3.63) is 36.5 Å². The number of amides is 1. The van der Waals surface area contributed by atoms with Crippen molar-refractivity contribution in [2.75, 3.05) is 6.61 Å². The molecule has 0 aliphatic carbocycles. The molecule has 2 aromatic rings. The number of benzene rings is 1. The lowest BCUT2D eigenvalue weighted by atomic mass is 10.1. The average molecular weight is 288 g/mol. The second-order valence-corrected chi connectivity index (χ2v) is 5.18. The third-order valence-electron chi connectivity index (χ3n) is 3.44. The van der Waals surface area contributed by atoms with Crippen molar-refractivity contribution in [3.8, 4) is 11.3 Å². The van der Waals surface area contributed by atoms with E-state index in [1.165, 1.54) is 4.68 Å². The Kier molecular flexibility index (Phi) is 5.05. The Morgan fingerprint density at radius 3 is 2.71 bits per heavy atom. The molecule has 21 heavy (non-hydrogen) atoms. The van der Waals surface area contributed by atoms with Gasteiger partial charge in [-0.05, 0) is 12.8 Å². The molecule has 0 saturated heterocycles. The van der Waals surface area contributed by atoms with Crippen molar-refractivity contribution in [2.24, 2.45) is 5.92 Å². The maximum absolute atomic E-state index is 11.9. The van der Waals surface area contributed by atoms with Crippen LogP contribution in [0.4, 0.5) is 0 Å². The molecule has 2 atom stereocenters. The van der Waals surface area contributed by atoms with Gasteiger partial charge in [0.2, 0.25) is 5.91 Å². The van der Waals surface area contributed by atoms with Crippen LogP contribution in [0.1, 0.15) is 13.8 Å². The van der Waals surface area contributed by atoms with Gasteiger partial charge in [0.15, 0.2) is 0 Å². The SMILES string of the molecule is CC(CO)C(C)NC(=O)Cn1cc(-c2ccccc2)nn1. The van der Waals surface area contributed by atoms with E-state index >= 15 is 0 Å². The van der Waals surface area contributed by atoms with E-state index in [1.807, 2.05) is 44.2 Å². The van der Waals surface area contributed by atoms with Crippen LogP contribution >= 0.6 is 0 Å². The molecule has 0 aliphatic rings. The topological polar surface area (TPSA) is 80.0 Å². The zero-order chi connectivity index (χ0) is 15.2. The summed E-state index contributed by atoms with van der Waals surface area (Å²) in [4.78, 5) is 11.9. The zero-order valence-electron chi connectivity index (χ0n) is 12.2. The van der Waals surface area contributed by atoms with Crippen LogP contribution in [0.25, 0.3) is 11.3 Å². The largest absolute Gasteiger partial charge is 0.396 e. The molecule has 2 N–H and O–H groups in total. The van der Waals surface area contributed by atoms with Crippen LogP contribution in [0.3, 0.4) is 0 Å². The minimum atomic E-state index is -0.146. The first kappa shape index (κ1) is 15.2. The van der Waals surface area contributed by atoms with Gasteiger partial charge in [0, 0.05) is 18.2 Å². The number of hydrogen-bond donors (Lipinski definition) is 2. The zero-order valence-corrected chi connectivity index (χ0v) is 12.2. The molecular formula is C15H20N4O2. The molecule has 0 radical (unpaired) electrons. The number of nitrogens with one attached hydrogen (secondary N) is 1. The van der Waals surface area contributed by atoms with E-state index in [0.717, 1.165) is 11.3 Å². The molecule has 6 nitrogen and oxygen atoms in total. The number of carbonyl (C=O) groups is 1. The third-order valence-corrected chi connectivity index (χ3v) is 3.44. The number of carbonyl (C=O) groups excluding carboxylic acids is 1. The Morgan fingerprint density at radius 2 is 2.05 bits per heavy atom. The molecule has 0 spiro atoms. The molecule has 2 rings (SSSR count).